The van der Waals surface area contributed by atoms with Crippen molar-refractivity contribution < 1.29 is 9.53 Å². The fourth-order valence-electron chi connectivity index (χ4n) is 3.07. The van der Waals surface area contributed by atoms with Gasteiger partial charge in [0.2, 0.25) is 5.91 Å². The van der Waals surface area contributed by atoms with Crippen LogP contribution in [-0.2, 0) is 16.1 Å². The van der Waals surface area contributed by atoms with E-state index in [2.05, 4.69) is 17.2 Å². The molecule has 29 heavy (non-hydrogen) atoms. The van der Waals surface area contributed by atoms with Crippen LogP contribution in [0.4, 0.5) is 0 Å². The van der Waals surface area contributed by atoms with Gasteiger partial charge in [0.15, 0.2) is 5.16 Å². The number of thioether (sulfide) groups is 1. The van der Waals surface area contributed by atoms with Crippen LogP contribution in [0.1, 0.15) is 46.0 Å². The van der Waals surface area contributed by atoms with Crippen molar-refractivity contribution in [1.29, 1.82) is 0 Å². The summed E-state index contributed by atoms with van der Waals surface area (Å²) in [6, 6.07) is 5.20. The molecule has 1 heterocycles. The largest absolute Gasteiger partial charge is 0.385 e. The van der Waals surface area contributed by atoms with E-state index < -0.39 is 0 Å². The molecule has 0 saturated carbocycles. The Labute approximate surface area is 181 Å². The molecule has 1 N–H and O–H groups in total. The molecular formula is C21H30ClN3O3S. The lowest BCUT2D eigenvalue weighted by molar-refractivity contribution is -0.119. The minimum absolute atomic E-state index is 0.0529. The third-order valence-electron chi connectivity index (χ3n) is 4.59. The molecule has 0 aliphatic rings. The number of methoxy groups -OCH3 is 1. The lowest BCUT2D eigenvalue weighted by Gasteiger charge is -2.15. The van der Waals surface area contributed by atoms with E-state index in [-0.39, 0.29) is 23.3 Å². The lowest BCUT2D eigenvalue weighted by Crippen LogP contribution is -2.34. The van der Waals surface area contributed by atoms with Crippen molar-refractivity contribution in [2.75, 3.05) is 19.5 Å². The average molecular weight is 440 g/mol. The molecule has 1 atom stereocenters. The molecule has 1 amide bonds. The normalized spacial score (nSPS) is 12.3. The summed E-state index contributed by atoms with van der Waals surface area (Å²) in [5, 5.41) is 4.59. The van der Waals surface area contributed by atoms with Crippen LogP contribution >= 0.6 is 23.4 Å². The Hall–Kier alpha value is -1.57. The number of aromatic nitrogens is 2. The van der Waals surface area contributed by atoms with E-state index >= 15 is 0 Å². The predicted molar refractivity (Wildman–Crippen MR) is 120 cm³/mol. The summed E-state index contributed by atoms with van der Waals surface area (Å²) in [5.41, 5.74) is 0.417. The molecule has 8 heteroatoms. The SMILES string of the molecule is CCCCCC(C)NC(=O)CSc1nc2cc(Cl)ccc2c(=O)n1CCCOC. The van der Waals surface area contributed by atoms with Gasteiger partial charge in [-0.25, -0.2) is 4.98 Å². The molecule has 0 aliphatic heterocycles. The molecule has 0 aliphatic carbocycles. The topological polar surface area (TPSA) is 73.2 Å². The molecule has 0 saturated heterocycles. The average Bonchev–Trinajstić information content (AvgIpc) is 2.68. The first-order valence-electron chi connectivity index (χ1n) is 10.1. The number of ether oxygens (including phenoxy) is 1. The first-order valence-corrected chi connectivity index (χ1v) is 11.4. The molecule has 1 aromatic carbocycles. The Morgan fingerprint density at radius 3 is 2.86 bits per heavy atom. The van der Waals surface area contributed by atoms with Crippen LogP contribution in [0.5, 0.6) is 0 Å². The van der Waals surface area contributed by atoms with E-state index in [1.54, 1.807) is 29.9 Å². The fraction of sp³-hybridized carbons (Fsp3) is 0.571. The molecule has 0 fully saturated rings. The van der Waals surface area contributed by atoms with Gasteiger partial charge in [-0.05, 0) is 38.0 Å². The lowest BCUT2D eigenvalue weighted by atomic mass is 10.1. The molecular weight excluding hydrogens is 410 g/mol. The highest BCUT2D eigenvalue weighted by atomic mass is 35.5. The van der Waals surface area contributed by atoms with E-state index in [0.717, 1.165) is 19.3 Å². The quantitative estimate of drug-likeness (QED) is 0.304. The Kier molecular flexibility index (Phi) is 9.97. The van der Waals surface area contributed by atoms with Gasteiger partial charge in [-0.15, -0.1) is 0 Å². The zero-order valence-corrected chi connectivity index (χ0v) is 18.9. The Morgan fingerprint density at radius 2 is 2.14 bits per heavy atom. The van der Waals surface area contributed by atoms with E-state index in [1.165, 1.54) is 18.2 Å². The summed E-state index contributed by atoms with van der Waals surface area (Å²) < 4.78 is 6.73. The van der Waals surface area contributed by atoms with Gasteiger partial charge in [0, 0.05) is 31.3 Å². The van der Waals surface area contributed by atoms with Gasteiger partial charge in [-0.1, -0.05) is 49.5 Å². The Bertz CT molecular complexity index is 872. The van der Waals surface area contributed by atoms with Crippen LogP contribution in [0.15, 0.2) is 28.2 Å². The molecule has 2 aromatic rings. The first kappa shape index (κ1) is 23.7. The van der Waals surface area contributed by atoms with E-state index in [9.17, 15) is 9.59 Å². The van der Waals surface area contributed by atoms with Crippen molar-refractivity contribution in [2.45, 2.75) is 63.7 Å². The molecule has 0 radical (unpaired) electrons. The van der Waals surface area contributed by atoms with Crippen molar-refractivity contribution >= 4 is 40.2 Å². The number of carbonyl (C=O) groups excluding carboxylic acids is 1. The number of benzene rings is 1. The number of halogens is 1. The molecule has 1 aromatic heterocycles. The fourth-order valence-corrected chi connectivity index (χ4v) is 4.07. The van der Waals surface area contributed by atoms with Crippen LogP contribution < -0.4 is 10.9 Å². The number of hydrogen-bond acceptors (Lipinski definition) is 5. The van der Waals surface area contributed by atoms with Gasteiger partial charge in [0.1, 0.15) is 0 Å². The Balaban J connectivity index is 2.13. The smallest absolute Gasteiger partial charge is 0.262 e. The van der Waals surface area contributed by atoms with E-state index in [1.807, 2.05) is 6.92 Å². The van der Waals surface area contributed by atoms with E-state index in [4.69, 9.17) is 16.3 Å². The monoisotopic (exact) mass is 439 g/mol. The minimum Gasteiger partial charge on any atom is -0.385 e. The number of rotatable bonds is 12. The van der Waals surface area contributed by atoms with Gasteiger partial charge in [0.25, 0.3) is 5.56 Å². The number of nitrogens with zero attached hydrogens (tertiary/aromatic N) is 2. The number of unbranched alkanes of at least 4 members (excludes halogenated alkanes) is 2. The first-order chi connectivity index (χ1) is 14.0. The molecule has 0 spiro atoms. The second-order valence-corrected chi connectivity index (χ2v) is 8.49. The number of nitrogens with one attached hydrogen (secondary N) is 1. The number of amides is 1. The van der Waals surface area contributed by atoms with E-state index in [0.29, 0.717) is 40.7 Å². The van der Waals surface area contributed by atoms with Gasteiger partial charge in [-0.2, -0.15) is 0 Å². The van der Waals surface area contributed by atoms with Crippen molar-refractivity contribution in [3.8, 4) is 0 Å². The van der Waals surface area contributed by atoms with Gasteiger partial charge < -0.3 is 10.1 Å². The zero-order valence-electron chi connectivity index (χ0n) is 17.4. The highest BCUT2D eigenvalue weighted by molar-refractivity contribution is 7.99. The Morgan fingerprint density at radius 1 is 1.34 bits per heavy atom. The van der Waals surface area contributed by atoms with Crippen LogP contribution in [0.25, 0.3) is 10.9 Å². The molecule has 0 bridgehead atoms. The minimum atomic E-state index is -0.126. The van der Waals surface area contributed by atoms with Gasteiger partial charge in [0.05, 0.1) is 16.7 Å². The van der Waals surface area contributed by atoms with Gasteiger partial charge in [-0.3, -0.25) is 14.2 Å². The van der Waals surface area contributed by atoms with Crippen LogP contribution in [0, 0.1) is 0 Å². The number of carbonyl (C=O) groups is 1. The third kappa shape index (κ3) is 7.32. The molecule has 1 unspecified atom stereocenters. The number of hydrogen-bond donors (Lipinski definition) is 1. The summed E-state index contributed by atoms with van der Waals surface area (Å²) in [4.78, 5) is 29.9. The maximum absolute atomic E-state index is 12.9. The second kappa shape index (κ2) is 12.2. The highest BCUT2D eigenvalue weighted by Crippen LogP contribution is 2.20. The summed E-state index contributed by atoms with van der Waals surface area (Å²) in [6.45, 7) is 5.21. The van der Waals surface area contributed by atoms with Crippen molar-refractivity contribution in [3.05, 3.63) is 33.6 Å². The zero-order chi connectivity index (χ0) is 21.2. The third-order valence-corrected chi connectivity index (χ3v) is 5.80. The predicted octanol–water partition coefficient (Wildman–Crippen LogP) is 4.26. The van der Waals surface area contributed by atoms with Crippen molar-refractivity contribution in [1.82, 2.24) is 14.9 Å². The highest BCUT2D eigenvalue weighted by Gasteiger charge is 2.14. The van der Waals surface area contributed by atoms with Crippen LogP contribution in [0.2, 0.25) is 5.02 Å². The summed E-state index contributed by atoms with van der Waals surface area (Å²) >= 11 is 7.34. The summed E-state index contributed by atoms with van der Waals surface area (Å²) in [6.07, 6.45) is 5.10. The van der Waals surface area contributed by atoms with Crippen LogP contribution in [0.3, 0.4) is 0 Å². The number of fused-ring (bicyclic) bond motifs is 1. The molecule has 2 rings (SSSR count). The maximum atomic E-state index is 12.9. The van der Waals surface area contributed by atoms with Crippen molar-refractivity contribution in [3.63, 3.8) is 0 Å². The summed E-state index contributed by atoms with van der Waals surface area (Å²) in [7, 11) is 1.63. The second-order valence-electron chi connectivity index (χ2n) is 7.11. The molecule has 160 valence electrons. The maximum Gasteiger partial charge on any atom is 0.262 e. The van der Waals surface area contributed by atoms with Crippen molar-refractivity contribution in [2.24, 2.45) is 0 Å². The van der Waals surface area contributed by atoms with Gasteiger partial charge >= 0.3 is 0 Å². The summed E-state index contributed by atoms with van der Waals surface area (Å²) in [5.74, 6) is 0.156. The standard InChI is InChI=1S/C21H30ClN3O3S/c1-4-5-6-8-15(2)23-19(26)14-29-21-24-18-13-16(22)9-10-17(18)20(27)25(21)11-7-12-28-3/h9-10,13,15H,4-8,11-12,14H2,1-3H3,(H,23,26). The van der Waals surface area contributed by atoms with Crippen LogP contribution in [-0.4, -0.2) is 41.0 Å². The molecule has 6 nitrogen and oxygen atoms in total.